The van der Waals surface area contributed by atoms with Crippen molar-refractivity contribution in [3.63, 3.8) is 0 Å². The molecule has 0 bridgehead atoms. The molecule has 16 heavy (non-hydrogen) atoms. The summed E-state index contributed by atoms with van der Waals surface area (Å²) in [7, 11) is 2.07. The smallest absolute Gasteiger partial charge is 0.0524 e. The molecule has 4 heteroatoms. The molecule has 0 radical (unpaired) electrons. The first-order chi connectivity index (χ1) is 7.49. The summed E-state index contributed by atoms with van der Waals surface area (Å²) >= 11 is 6.94. The molecule has 1 unspecified atom stereocenters. The largest absolute Gasteiger partial charge is 0.393 e. The van der Waals surface area contributed by atoms with E-state index in [0.717, 1.165) is 28.5 Å². The summed E-state index contributed by atoms with van der Waals surface area (Å²) < 4.78 is 2.15. The van der Waals surface area contributed by atoms with Gasteiger partial charge in [0.05, 0.1) is 6.10 Å². The number of aliphatic hydroxyl groups is 1. The topological polar surface area (TPSA) is 23.5 Å². The van der Waals surface area contributed by atoms with E-state index in [4.69, 9.17) is 0 Å². The van der Waals surface area contributed by atoms with Crippen LogP contribution >= 0.6 is 31.9 Å². The Hall–Kier alpha value is 0.1000. The van der Waals surface area contributed by atoms with Gasteiger partial charge in [0, 0.05) is 22.0 Å². The van der Waals surface area contributed by atoms with Crippen LogP contribution in [-0.2, 0) is 6.54 Å². The van der Waals surface area contributed by atoms with Crippen molar-refractivity contribution in [2.75, 3.05) is 13.6 Å². The zero-order valence-electron chi connectivity index (χ0n) is 9.58. The molecule has 0 saturated carbocycles. The molecule has 0 aliphatic rings. The maximum Gasteiger partial charge on any atom is 0.0524 e. The SMILES string of the molecule is CC(O)CCN(C)Cc1ccc(Br)c(Br)c1. The van der Waals surface area contributed by atoms with Crippen molar-refractivity contribution < 1.29 is 5.11 Å². The molecule has 0 saturated heterocycles. The lowest BCUT2D eigenvalue weighted by molar-refractivity contribution is 0.163. The van der Waals surface area contributed by atoms with Crippen LogP contribution in [0, 0.1) is 0 Å². The van der Waals surface area contributed by atoms with Gasteiger partial charge < -0.3 is 10.0 Å². The van der Waals surface area contributed by atoms with E-state index >= 15 is 0 Å². The molecule has 0 amide bonds. The van der Waals surface area contributed by atoms with Gasteiger partial charge in [0.15, 0.2) is 0 Å². The van der Waals surface area contributed by atoms with E-state index in [1.807, 2.05) is 13.0 Å². The molecule has 0 aromatic heterocycles. The number of hydrogen-bond donors (Lipinski definition) is 1. The van der Waals surface area contributed by atoms with Crippen LogP contribution in [0.1, 0.15) is 18.9 Å². The Bertz CT molecular complexity index is 342. The second-order valence-corrected chi connectivity index (χ2v) is 5.83. The van der Waals surface area contributed by atoms with Gasteiger partial charge in [0.2, 0.25) is 0 Å². The van der Waals surface area contributed by atoms with Gasteiger partial charge in [-0.2, -0.15) is 0 Å². The highest BCUT2D eigenvalue weighted by molar-refractivity contribution is 9.13. The highest BCUT2D eigenvalue weighted by Crippen LogP contribution is 2.24. The number of hydrogen-bond acceptors (Lipinski definition) is 2. The fraction of sp³-hybridized carbons (Fsp3) is 0.500. The predicted molar refractivity (Wildman–Crippen MR) is 74.5 cm³/mol. The van der Waals surface area contributed by atoms with Crippen LogP contribution < -0.4 is 0 Å². The number of aliphatic hydroxyl groups excluding tert-OH is 1. The standard InChI is InChI=1S/C12H17Br2NO/c1-9(16)5-6-15(2)8-10-3-4-11(13)12(14)7-10/h3-4,7,9,16H,5-6,8H2,1-2H3. The van der Waals surface area contributed by atoms with Crippen LogP contribution in [0.15, 0.2) is 27.1 Å². The number of nitrogens with zero attached hydrogens (tertiary/aromatic N) is 1. The van der Waals surface area contributed by atoms with Crippen molar-refractivity contribution in [3.05, 3.63) is 32.7 Å². The minimum Gasteiger partial charge on any atom is -0.393 e. The van der Waals surface area contributed by atoms with E-state index < -0.39 is 0 Å². The average Bonchev–Trinajstić information content (AvgIpc) is 2.21. The maximum absolute atomic E-state index is 9.21. The fourth-order valence-corrected chi connectivity index (χ4v) is 2.11. The third-order valence-electron chi connectivity index (χ3n) is 2.37. The van der Waals surface area contributed by atoms with Crippen molar-refractivity contribution in [3.8, 4) is 0 Å². The minimum absolute atomic E-state index is 0.223. The van der Waals surface area contributed by atoms with Crippen molar-refractivity contribution in [1.29, 1.82) is 0 Å². The molecule has 0 fully saturated rings. The second-order valence-electron chi connectivity index (χ2n) is 4.12. The van der Waals surface area contributed by atoms with E-state index in [1.165, 1.54) is 5.56 Å². The van der Waals surface area contributed by atoms with Crippen LogP contribution in [0.2, 0.25) is 0 Å². The summed E-state index contributed by atoms with van der Waals surface area (Å²) in [5, 5.41) is 9.21. The Labute approximate surface area is 114 Å². The van der Waals surface area contributed by atoms with E-state index in [2.05, 4.69) is 55.9 Å². The van der Waals surface area contributed by atoms with E-state index in [9.17, 15) is 5.11 Å². The second kappa shape index (κ2) is 6.74. The summed E-state index contributed by atoms with van der Waals surface area (Å²) in [5.41, 5.74) is 1.27. The summed E-state index contributed by atoms with van der Waals surface area (Å²) in [6.07, 6.45) is 0.591. The summed E-state index contributed by atoms with van der Waals surface area (Å²) in [5.74, 6) is 0. The molecule has 0 aliphatic carbocycles. The van der Waals surface area contributed by atoms with Gasteiger partial charge in [0.1, 0.15) is 0 Å². The van der Waals surface area contributed by atoms with Gasteiger partial charge in [-0.3, -0.25) is 0 Å². The third kappa shape index (κ3) is 4.95. The molecule has 0 aliphatic heterocycles. The van der Waals surface area contributed by atoms with Crippen molar-refractivity contribution >= 4 is 31.9 Å². The van der Waals surface area contributed by atoms with Crippen molar-refractivity contribution in [2.45, 2.75) is 26.0 Å². The molecule has 0 heterocycles. The van der Waals surface area contributed by atoms with Crippen LogP contribution in [0.5, 0.6) is 0 Å². The molecule has 90 valence electrons. The third-order valence-corrected chi connectivity index (χ3v) is 4.24. The van der Waals surface area contributed by atoms with Gasteiger partial charge in [-0.15, -0.1) is 0 Å². The lowest BCUT2D eigenvalue weighted by Crippen LogP contribution is -2.22. The monoisotopic (exact) mass is 349 g/mol. The molecule has 2 nitrogen and oxygen atoms in total. The van der Waals surface area contributed by atoms with Gasteiger partial charge in [0.25, 0.3) is 0 Å². The Morgan fingerprint density at radius 2 is 2.00 bits per heavy atom. The quantitative estimate of drug-likeness (QED) is 0.879. The number of rotatable bonds is 5. The zero-order chi connectivity index (χ0) is 12.1. The first-order valence-electron chi connectivity index (χ1n) is 5.29. The average molecular weight is 351 g/mol. The van der Waals surface area contributed by atoms with Gasteiger partial charge in [-0.05, 0) is 69.9 Å². The van der Waals surface area contributed by atoms with E-state index in [-0.39, 0.29) is 6.10 Å². The molecule has 1 aromatic carbocycles. The van der Waals surface area contributed by atoms with Crippen molar-refractivity contribution in [2.24, 2.45) is 0 Å². The van der Waals surface area contributed by atoms with Crippen LogP contribution in [0.25, 0.3) is 0 Å². The minimum atomic E-state index is -0.223. The Kier molecular flexibility index (Phi) is 5.97. The molecule has 0 spiro atoms. The highest BCUT2D eigenvalue weighted by atomic mass is 79.9. The van der Waals surface area contributed by atoms with Crippen LogP contribution in [0.4, 0.5) is 0 Å². The van der Waals surface area contributed by atoms with Gasteiger partial charge in [-0.1, -0.05) is 6.07 Å². The first kappa shape index (κ1) is 14.2. The van der Waals surface area contributed by atoms with E-state index in [0.29, 0.717) is 0 Å². The Morgan fingerprint density at radius 3 is 2.56 bits per heavy atom. The maximum atomic E-state index is 9.21. The summed E-state index contributed by atoms with van der Waals surface area (Å²) in [6.45, 7) is 3.63. The molecule has 1 rings (SSSR count). The molecule has 1 atom stereocenters. The first-order valence-corrected chi connectivity index (χ1v) is 6.88. The summed E-state index contributed by atoms with van der Waals surface area (Å²) in [4.78, 5) is 2.21. The molecule has 1 N–H and O–H groups in total. The van der Waals surface area contributed by atoms with Gasteiger partial charge >= 0.3 is 0 Å². The fourth-order valence-electron chi connectivity index (χ4n) is 1.44. The zero-order valence-corrected chi connectivity index (χ0v) is 12.8. The lowest BCUT2D eigenvalue weighted by Gasteiger charge is -2.17. The molecule has 1 aromatic rings. The normalized spacial score (nSPS) is 13.1. The van der Waals surface area contributed by atoms with E-state index in [1.54, 1.807) is 0 Å². The number of benzene rings is 1. The molecular formula is C12H17Br2NO. The van der Waals surface area contributed by atoms with Crippen LogP contribution in [0.3, 0.4) is 0 Å². The Balaban J connectivity index is 2.49. The predicted octanol–water partition coefficient (Wildman–Crippen LogP) is 3.41. The summed E-state index contributed by atoms with van der Waals surface area (Å²) in [6, 6.07) is 6.26. The number of halogens is 2. The molecular weight excluding hydrogens is 334 g/mol. The highest BCUT2D eigenvalue weighted by Gasteiger charge is 2.04. The Morgan fingerprint density at radius 1 is 1.31 bits per heavy atom. The van der Waals surface area contributed by atoms with Gasteiger partial charge in [-0.25, -0.2) is 0 Å². The van der Waals surface area contributed by atoms with Crippen LogP contribution in [-0.4, -0.2) is 29.7 Å². The van der Waals surface area contributed by atoms with Crippen molar-refractivity contribution in [1.82, 2.24) is 4.90 Å². The lowest BCUT2D eigenvalue weighted by atomic mass is 10.2.